The molecule has 1 atom stereocenters. The van der Waals surface area contributed by atoms with Gasteiger partial charge in [0.25, 0.3) is 0 Å². The molecule has 0 aliphatic carbocycles. The molecule has 1 heterocycles. The summed E-state index contributed by atoms with van der Waals surface area (Å²) in [5.41, 5.74) is 0.798. The van der Waals surface area contributed by atoms with E-state index in [0.29, 0.717) is 18.9 Å². The van der Waals surface area contributed by atoms with E-state index in [-0.39, 0.29) is 47.3 Å². The highest BCUT2D eigenvalue weighted by Crippen LogP contribution is 2.11. The van der Waals surface area contributed by atoms with E-state index in [9.17, 15) is 12.8 Å². The van der Waals surface area contributed by atoms with Gasteiger partial charge in [0.05, 0.1) is 11.5 Å². The summed E-state index contributed by atoms with van der Waals surface area (Å²) >= 11 is 0. The molecule has 0 saturated carbocycles. The number of rotatable bonds is 3. The summed E-state index contributed by atoms with van der Waals surface area (Å²) in [6, 6.07) is 6.18. The number of nitrogens with zero attached hydrogens (tertiary/aromatic N) is 1. The summed E-state index contributed by atoms with van der Waals surface area (Å²) in [4.78, 5) is 4.04. The number of guanidine groups is 1. The SMILES string of the molecule is CN=C(NCc1cccc(F)c1)NC1CCS(=O)(=O)C1.I. The predicted octanol–water partition coefficient (Wildman–Crippen LogP) is 1.30. The van der Waals surface area contributed by atoms with Crippen LogP contribution in [0.15, 0.2) is 29.3 Å². The molecule has 2 rings (SSSR count). The van der Waals surface area contributed by atoms with Crippen LogP contribution in [0.5, 0.6) is 0 Å². The van der Waals surface area contributed by atoms with Gasteiger partial charge in [0.15, 0.2) is 15.8 Å². The zero-order chi connectivity index (χ0) is 14.6. The number of nitrogens with one attached hydrogen (secondary N) is 2. The minimum Gasteiger partial charge on any atom is -0.353 e. The Hall–Kier alpha value is -0.900. The van der Waals surface area contributed by atoms with Crippen LogP contribution in [-0.4, -0.2) is 39.0 Å². The number of sulfone groups is 1. The van der Waals surface area contributed by atoms with Gasteiger partial charge in [0, 0.05) is 19.6 Å². The van der Waals surface area contributed by atoms with Crippen molar-refractivity contribution in [2.75, 3.05) is 18.6 Å². The number of hydrogen-bond acceptors (Lipinski definition) is 3. The van der Waals surface area contributed by atoms with Gasteiger partial charge in [-0.2, -0.15) is 0 Å². The van der Waals surface area contributed by atoms with Crippen LogP contribution in [0, 0.1) is 5.82 Å². The van der Waals surface area contributed by atoms with Crippen molar-refractivity contribution in [3.8, 4) is 0 Å². The first kappa shape index (κ1) is 18.1. The summed E-state index contributed by atoms with van der Waals surface area (Å²) < 4.78 is 35.8. The molecule has 21 heavy (non-hydrogen) atoms. The smallest absolute Gasteiger partial charge is 0.191 e. The van der Waals surface area contributed by atoms with Crippen molar-refractivity contribution in [1.82, 2.24) is 10.6 Å². The maximum atomic E-state index is 13.0. The molecule has 1 aliphatic rings. The second kappa shape index (κ2) is 7.92. The molecule has 1 fully saturated rings. The second-order valence-electron chi connectivity index (χ2n) is 4.80. The highest BCUT2D eigenvalue weighted by Gasteiger charge is 2.28. The summed E-state index contributed by atoms with van der Waals surface area (Å²) in [7, 11) is -1.30. The quantitative estimate of drug-likeness (QED) is 0.434. The molecule has 8 heteroatoms. The zero-order valence-electron chi connectivity index (χ0n) is 11.7. The van der Waals surface area contributed by atoms with Crippen molar-refractivity contribution >= 4 is 39.8 Å². The van der Waals surface area contributed by atoms with Crippen LogP contribution < -0.4 is 10.6 Å². The molecule has 1 saturated heterocycles. The minimum absolute atomic E-state index is 0. The first-order valence-electron chi connectivity index (χ1n) is 6.40. The van der Waals surface area contributed by atoms with Crippen LogP contribution in [0.2, 0.25) is 0 Å². The second-order valence-corrected chi connectivity index (χ2v) is 7.03. The summed E-state index contributed by atoms with van der Waals surface area (Å²) in [5.74, 6) is 0.588. The van der Waals surface area contributed by atoms with Crippen molar-refractivity contribution < 1.29 is 12.8 Å². The Balaban J connectivity index is 0.00000220. The molecular formula is C13H19FIN3O2S. The van der Waals surface area contributed by atoms with Crippen molar-refractivity contribution in [2.24, 2.45) is 4.99 Å². The minimum atomic E-state index is -2.92. The van der Waals surface area contributed by atoms with Crippen LogP contribution in [0.4, 0.5) is 4.39 Å². The summed E-state index contributed by atoms with van der Waals surface area (Å²) in [6.45, 7) is 0.427. The lowest BCUT2D eigenvalue weighted by Gasteiger charge is -2.16. The molecule has 0 aromatic heterocycles. The fraction of sp³-hybridized carbons (Fsp3) is 0.462. The Morgan fingerprint density at radius 1 is 1.48 bits per heavy atom. The van der Waals surface area contributed by atoms with Crippen LogP contribution in [-0.2, 0) is 16.4 Å². The summed E-state index contributed by atoms with van der Waals surface area (Å²) in [6.07, 6.45) is 0.586. The van der Waals surface area contributed by atoms with Crippen LogP contribution in [0.25, 0.3) is 0 Å². The lowest BCUT2D eigenvalue weighted by molar-refractivity contribution is 0.599. The van der Waals surface area contributed by atoms with Crippen molar-refractivity contribution in [3.05, 3.63) is 35.6 Å². The topological polar surface area (TPSA) is 70.6 Å². The average molecular weight is 427 g/mol. The van der Waals surface area contributed by atoms with E-state index in [1.54, 1.807) is 13.1 Å². The van der Waals surface area contributed by atoms with Gasteiger partial charge in [-0.25, -0.2) is 12.8 Å². The van der Waals surface area contributed by atoms with Crippen LogP contribution in [0.3, 0.4) is 0 Å². The maximum Gasteiger partial charge on any atom is 0.191 e. The monoisotopic (exact) mass is 427 g/mol. The molecule has 0 bridgehead atoms. The number of halogens is 2. The Bertz CT molecular complexity index is 607. The van der Waals surface area contributed by atoms with E-state index in [1.165, 1.54) is 12.1 Å². The molecule has 0 spiro atoms. The molecule has 118 valence electrons. The van der Waals surface area contributed by atoms with Gasteiger partial charge in [-0.3, -0.25) is 4.99 Å². The Morgan fingerprint density at radius 2 is 2.24 bits per heavy atom. The molecule has 2 N–H and O–H groups in total. The first-order valence-corrected chi connectivity index (χ1v) is 8.23. The third-order valence-corrected chi connectivity index (χ3v) is 4.91. The third-order valence-electron chi connectivity index (χ3n) is 3.15. The molecule has 0 radical (unpaired) electrons. The van der Waals surface area contributed by atoms with Gasteiger partial charge in [0.1, 0.15) is 5.82 Å². The van der Waals surface area contributed by atoms with Gasteiger partial charge in [0.2, 0.25) is 0 Å². The van der Waals surface area contributed by atoms with E-state index < -0.39 is 9.84 Å². The normalized spacial score (nSPS) is 20.7. The van der Waals surface area contributed by atoms with E-state index in [0.717, 1.165) is 5.56 Å². The third kappa shape index (κ3) is 5.77. The Kier molecular flexibility index (Phi) is 6.85. The highest BCUT2D eigenvalue weighted by molar-refractivity contribution is 14.0. The van der Waals surface area contributed by atoms with Gasteiger partial charge in [-0.1, -0.05) is 12.1 Å². The van der Waals surface area contributed by atoms with Crippen molar-refractivity contribution in [2.45, 2.75) is 19.0 Å². The first-order chi connectivity index (χ1) is 9.48. The fourth-order valence-corrected chi connectivity index (χ4v) is 3.80. The number of hydrogen-bond donors (Lipinski definition) is 2. The van der Waals surface area contributed by atoms with Crippen molar-refractivity contribution in [1.29, 1.82) is 0 Å². The van der Waals surface area contributed by atoms with E-state index >= 15 is 0 Å². The summed E-state index contributed by atoms with van der Waals surface area (Å²) in [5, 5.41) is 6.12. The van der Waals surface area contributed by atoms with Gasteiger partial charge >= 0.3 is 0 Å². The van der Waals surface area contributed by atoms with Gasteiger partial charge in [-0.15, -0.1) is 24.0 Å². The van der Waals surface area contributed by atoms with Gasteiger partial charge < -0.3 is 10.6 Å². The maximum absolute atomic E-state index is 13.0. The average Bonchev–Trinajstić information content (AvgIpc) is 2.74. The number of benzene rings is 1. The largest absolute Gasteiger partial charge is 0.353 e. The predicted molar refractivity (Wildman–Crippen MR) is 92.2 cm³/mol. The molecule has 1 aliphatic heterocycles. The van der Waals surface area contributed by atoms with E-state index in [2.05, 4.69) is 15.6 Å². The Labute approximate surface area is 141 Å². The molecule has 0 amide bonds. The molecule has 5 nitrogen and oxygen atoms in total. The lowest BCUT2D eigenvalue weighted by Crippen LogP contribution is -2.43. The lowest BCUT2D eigenvalue weighted by atomic mass is 10.2. The Morgan fingerprint density at radius 3 is 2.81 bits per heavy atom. The standard InChI is InChI=1S/C13H18FN3O2S.HI/c1-15-13(17-12-5-6-20(18,19)9-12)16-8-10-3-2-4-11(14)7-10;/h2-4,7,12H,5-6,8-9H2,1H3,(H2,15,16,17);1H. The zero-order valence-corrected chi connectivity index (χ0v) is 14.8. The molecular weight excluding hydrogens is 408 g/mol. The van der Waals surface area contributed by atoms with E-state index in [4.69, 9.17) is 0 Å². The van der Waals surface area contributed by atoms with E-state index in [1.807, 2.05) is 6.07 Å². The van der Waals surface area contributed by atoms with Crippen LogP contribution in [0.1, 0.15) is 12.0 Å². The van der Waals surface area contributed by atoms with Crippen LogP contribution >= 0.6 is 24.0 Å². The van der Waals surface area contributed by atoms with Gasteiger partial charge in [-0.05, 0) is 24.1 Å². The molecule has 1 aromatic rings. The molecule has 1 unspecified atom stereocenters. The fourth-order valence-electron chi connectivity index (χ4n) is 2.13. The number of aliphatic imine (C=N–C) groups is 1. The molecule has 1 aromatic carbocycles. The highest BCUT2D eigenvalue weighted by atomic mass is 127. The van der Waals surface area contributed by atoms with Crippen molar-refractivity contribution in [3.63, 3.8) is 0 Å².